The topological polar surface area (TPSA) is 38.8 Å². The van der Waals surface area contributed by atoms with Crippen LogP contribution in [0.25, 0.3) is 0 Å². The van der Waals surface area contributed by atoms with Crippen molar-refractivity contribution < 1.29 is 14.3 Å². The summed E-state index contributed by atoms with van der Waals surface area (Å²) in [5.74, 6) is -0.0897. The van der Waals surface area contributed by atoms with Crippen LogP contribution in [0.2, 0.25) is 0 Å². The number of carbonyl (C=O) groups excluding carboxylic acids is 1. The predicted molar refractivity (Wildman–Crippen MR) is 40.2 cm³/mol. The van der Waals surface area contributed by atoms with E-state index in [-0.39, 0.29) is 5.97 Å². The molecular weight excluding hydrogens is 144 g/mol. The Morgan fingerprint density at radius 2 is 2.45 bits per heavy atom. The van der Waals surface area contributed by atoms with E-state index in [9.17, 15) is 4.79 Å². The van der Waals surface area contributed by atoms with Crippen LogP contribution in [-0.4, -0.2) is 25.3 Å². The zero-order valence-electron chi connectivity index (χ0n) is 6.84. The molecule has 0 N–H and O–H groups in total. The van der Waals surface area contributed by atoms with Crippen molar-refractivity contribution in [2.75, 3.05) is 13.2 Å². The molecule has 0 bridgehead atoms. The molecule has 0 aromatic rings. The smallest absolute Gasteiger partial charge is 0.305 e. The third-order valence-corrected chi connectivity index (χ3v) is 1.61. The Labute approximate surface area is 66.7 Å². The lowest BCUT2D eigenvalue weighted by Crippen LogP contribution is -2.03. The van der Waals surface area contributed by atoms with Gasteiger partial charge in [-0.3, -0.25) is 4.79 Å². The number of hydrogen-bond donors (Lipinski definition) is 0. The highest BCUT2D eigenvalue weighted by atomic mass is 16.6. The molecule has 0 aliphatic carbocycles. The number of esters is 1. The number of epoxide rings is 1. The van der Waals surface area contributed by atoms with Gasteiger partial charge in [-0.2, -0.15) is 0 Å². The van der Waals surface area contributed by atoms with Gasteiger partial charge in [0.1, 0.15) is 0 Å². The Morgan fingerprint density at radius 3 is 3.00 bits per heavy atom. The summed E-state index contributed by atoms with van der Waals surface area (Å²) < 4.78 is 9.76. The van der Waals surface area contributed by atoms with Crippen LogP contribution >= 0.6 is 0 Å². The van der Waals surface area contributed by atoms with Crippen LogP contribution in [-0.2, 0) is 14.3 Å². The van der Waals surface area contributed by atoms with Gasteiger partial charge in [0, 0.05) is 6.42 Å². The van der Waals surface area contributed by atoms with Gasteiger partial charge in [0.25, 0.3) is 0 Å². The van der Waals surface area contributed by atoms with E-state index in [1.54, 1.807) is 0 Å². The van der Waals surface area contributed by atoms with Gasteiger partial charge in [-0.1, -0.05) is 0 Å². The minimum atomic E-state index is -0.0897. The van der Waals surface area contributed by atoms with Crippen molar-refractivity contribution in [2.45, 2.75) is 32.3 Å². The minimum absolute atomic E-state index is 0.0897. The average Bonchev–Trinajstić information content (AvgIpc) is 2.72. The fourth-order valence-electron chi connectivity index (χ4n) is 0.942. The van der Waals surface area contributed by atoms with Crippen LogP contribution in [0.4, 0.5) is 0 Å². The van der Waals surface area contributed by atoms with E-state index in [4.69, 9.17) is 9.47 Å². The van der Waals surface area contributed by atoms with Crippen molar-refractivity contribution in [1.82, 2.24) is 0 Å². The second-order valence-corrected chi connectivity index (χ2v) is 2.65. The van der Waals surface area contributed by atoms with Crippen LogP contribution in [0.5, 0.6) is 0 Å². The van der Waals surface area contributed by atoms with Crippen LogP contribution < -0.4 is 0 Å². The SMILES string of the molecule is CCOC(=O)CCC[C@H]1CO1. The molecule has 1 fully saturated rings. The molecule has 0 amide bonds. The molecule has 0 spiro atoms. The first-order valence-corrected chi connectivity index (χ1v) is 4.10. The molecule has 64 valence electrons. The first-order chi connectivity index (χ1) is 5.33. The van der Waals surface area contributed by atoms with Gasteiger partial charge in [0.2, 0.25) is 0 Å². The lowest BCUT2D eigenvalue weighted by molar-refractivity contribution is -0.143. The molecule has 11 heavy (non-hydrogen) atoms. The molecule has 0 aromatic heterocycles. The summed E-state index contributed by atoms with van der Waals surface area (Å²) in [4.78, 5) is 10.8. The first kappa shape index (κ1) is 8.53. The van der Waals surface area contributed by atoms with Gasteiger partial charge in [-0.05, 0) is 19.8 Å². The fourth-order valence-corrected chi connectivity index (χ4v) is 0.942. The zero-order valence-corrected chi connectivity index (χ0v) is 6.84. The standard InChI is InChI=1S/C8H14O3/c1-2-10-8(9)5-3-4-7-6-11-7/h7H,2-6H2,1H3/t7-/m0/s1. The van der Waals surface area contributed by atoms with Crippen LogP contribution in [0.1, 0.15) is 26.2 Å². The summed E-state index contributed by atoms with van der Waals surface area (Å²) in [6.45, 7) is 3.18. The van der Waals surface area contributed by atoms with Crippen LogP contribution in [0, 0.1) is 0 Å². The molecule has 0 aromatic carbocycles. The maximum Gasteiger partial charge on any atom is 0.305 e. The van der Waals surface area contributed by atoms with Gasteiger partial charge in [-0.15, -0.1) is 0 Å². The monoisotopic (exact) mass is 158 g/mol. The van der Waals surface area contributed by atoms with E-state index in [0.717, 1.165) is 19.4 Å². The number of rotatable bonds is 5. The molecule has 1 saturated heterocycles. The summed E-state index contributed by atoms with van der Waals surface area (Å²) in [5, 5.41) is 0. The normalized spacial score (nSPS) is 21.4. The van der Waals surface area contributed by atoms with Crippen molar-refractivity contribution in [3.63, 3.8) is 0 Å². The first-order valence-electron chi connectivity index (χ1n) is 4.10. The zero-order chi connectivity index (χ0) is 8.10. The fraction of sp³-hybridized carbons (Fsp3) is 0.875. The second-order valence-electron chi connectivity index (χ2n) is 2.65. The van der Waals surface area contributed by atoms with Crippen LogP contribution in [0.3, 0.4) is 0 Å². The summed E-state index contributed by atoms with van der Waals surface area (Å²) in [7, 11) is 0. The van der Waals surface area contributed by atoms with Gasteiger partial charge in [0.05, 0.1) is 19.3 Å². The average molecular weight is 158 g/mol. The largest absolute Gasteiger partial charge is 0.466 e. The van der Waals surface area contributed by atoms with Crippen LogP contribution in [0.15, 0.2) is 0 Å². The highest BCUT2D eigenvalue weighted by molar-refractivity contribution is 5.69. The Bertz CT molecular complexity index is 129. The van der Waals surface area contributed by atoms with E-state index >= 15 is 0 Å². The Kier molecular flexibility index (Phi) is 3.36. The summed E-state index contributed by atoms with van der Waals surface area (Å²) in [6, 6.07) is 0. The van der Waals surface area contributed by atoms with Gasteiger partial charge in [0.15, 0.2) is 0 Å². The van der Waals surface area contributed by atoms with Gasteiger partial charge < -0.3 is 9.47 Å². The van der Waals surface area contributed by atoms with Crippen molar-refractivity contribution >= 4 is 5.97 Å². The third kappa shape index (κ3) is 3.98. The molecule has 1 atom stereocenters. The molecule has 0 saturated carbocycles. The lowest BCUT2D eigenvalue weighted by atomic mass is 10.2. The van der Waals surface area contributed by atoms with Crippen molar-refractivity contribution in [2.24, 2.45) is 0 Å². The second kappa shape index (κ2) is 4.34. The van der Waals surface area contributed by atoms with E-state index in [2.05, 4.69) is 0 Å². The molecule has 1 rings (SSSR count). The highest BCUT2D eigenvalue weighted by Crippen LogP contribution is 2.16. The predicted octanol–water partition coefficient (Wildman–Crippen LogP) is 1.12. The quantitative estimate of drug-likeness (QED) is 0.444. The molecule has 1 heterocycles. The molecule has 1 aliphatic rings. The number of hydrogen-bond acceptors (Lipinski definition) is 3. The molecule has 0 unspecified atom stereocenters. The Morgan fingerprint density at radius 1 is 1.73 bits per heavy atom. The molecule has 3 nitrogen and oxygen atoms in total. The molecule has 0 radical (unpaired) electrons. The van der Waals surface area contributed by atoms with Crippen molar-refractivity contribution in [1.29, 1.82) is 0 Å². The Hall–Kier alpha value is -0.570. The van der Waals surface area contributed by atoms with E-state index < -0.39 is 0 Å². The maximum absolute atomic E-state index is 10.8. The Balaban J connectivity index is 1.88. The summed E-state index contributed by atoms with van der Waals surface area (Å²) in [5.41, 5.74) is 0. The van der Waals surface area contributed by atoms with Crippen molar-refractivity contribution in [3.8, 4) is 0 Å². The van der Waals surface area contributed by atoms with Gasteiger partial charge in [-0.25, -0.2) is 0 Å². The highest BCUT2D eigenvalue weighted by Gasteiger charge is 2.21. The van der Waals surface area contributed by atoms with E-state index in [1.807, 2.05) is 6.92 Å². The van der Waals surface area contributed by atoms with Crippen molar-refractivity contribution in [3.05, 3.63) is 0 Å². The molecular formula is C8H14O3. The maximum atomic E-state index is 10.8. The van der Waals surface area contributed by atoms with Gasteiger partial charge >= 0.3 is 5.97 Å². The summed E-state index contributed by atoms with van der Waals surface area (Å²) >= 11 is 0. The minimum Gasteiger partial charge on any atom is -0.466 e. The third-order valence-electron chi connectivity index (χ3n) is 1.61. The lowest BCUT2D eigenvalue weighted by Gasteiger charge is -1.99. The number of carbonyl (C=O) groups is 1. The molecule has 3 heteroatoms. The summed E-state index contributed by atoms with van der Waals surface area (Å²) in [6.07, 6.45) is 2.86. The number of ether oxygens (including phenoxy) is 2. The van der Waals surface area contributed by atoms with E-state index in [1.165, 1.54) is 0 Å². The molecule has 1 aliphatic heterocycles. The van der Waals surface area contributed by atoms with E-state index in [0.29, 0.717) is 19.1 Å².